The number of nitrogens with two attached hydrogens (primary N) is 1. The Hall–Kier alpha value is -1.67. The van der Waals surface area contributed by atoms with Crippen molar-refractivity contribution in [1.29, 1.82) is 0 Å². The standard InChI is InChI=1S/C10H14FN3O3S/c1-7-2-3-8(11)6-9(7)18(16,17)13-5-4-10(12)14-15/h2-3,6,13,15H,4-5H2,1H3,(H2,12,14). The lowest BCUT2D eigenvalue weighted by molar-refractivity contribution is 0.317. The van der Waals surface area contributed by atoms with Crippen LogP contribution >= 0.6 is 0 Å². The molecule has 0 aromatic heterocycles. The molecule has 6 nitrogen and oxygen atoms in total. The molecule has 0 saturated heterocycles. The number of amidine groups is 1. The van der Waals surface area contributed by atoms with Crippen LogP contribution in [0.1, 0.15) is 12.0 Å². The van der Waals surface area contributed by atoms with Crippen LogP contribution in [0.15, 0.2) is 28.3 Å². The van der Waals surface area contributed by atoms with Crippen molar-refractivity contribution in [1.82, 2.24) is 4.72 Å². The van der Waals surface area contributed by atoms with Gasteiger partial charge in [0.1, 0.15) is 11.7 Å². The SMILES string of the molecule is Cc1ccc(F)cc1S(=O)(=O)NCC/C(N)=N/O. The summed E-state index contributed by atoms with van der Waals surface area (Å²) in [6, 6.07) is 3.51. The van der Waals surface area contributed by atoms with Crippen molar-refractivity contribution < 1.29 is 18.0 Å². The van der Waals surface area contributed by atoms with Gasteiger partial charge in [0.15, 0.2) is 0 Å². The molecule has 0 amide bonds. The molecule has 0 aliphatic heterocycles. The molecule has 1 aromatic carbocycles. The Labute approximate surface area is 104 Å². The van der Waals surface area contributed by atoms with Crippen molar-refractivity contribution in [2.75, 3.05) is 6.54 Å². The lowest BCUT2D eigenvalue weighted by Gasteiger charge is -2.08. The van der Waals surface area contributed by atoms with Gasteiger partial charge in [0, 0.05) is 13.0 Å². The van der Waals surface area contributed by atoms with E-state index in [1.54, 1.807) is 6.92 Å². The van der Waals surface area contributed by atoms with Gasteiger partial charge in [0.05, 0.1) is 4.90 Å². The van der Waals surface area contributed by atoms with Crippen molar-refractivity contribution in [3.8, 4) is 0 Å². The zero-order valence-corrected chi connectivity index (χ0v) is 10.5. The molecule has 100 valence electrons. The van der Waals surface area contributed by atoms with E-state index < -0.39 is 15.8 Å². The van der Waals surface area contributed by atoms with Crippen molar-refractivity contribution >= 4 is 15.9 Å². The molecule has 0 unspecified atom stereocenters. The summed E-state index contributed by atoms with van der Waals surface area (Å²) in [6.45, 7) is 1.53. The van der Waals surface area contributed by atoms with Gasteiger partial charge in [0.25, 0.3) is 0 Å². The molecular weight excluding hydrogens is 261 g/mol. The fourth-order valence-corrected chi connectivity index (χ4v) is 2.59. The van der Waals surface area contributed by atoms with Crippen LogP contribution in [0.3, 0.4) is 0 Å². The monoisotopic (exact) mass is 275 g/mol. The normalized spacial score (nSPS) is 12.7. The number of nitrogens with one attached hydrogen (secondary N) is 1. The number of hydrogen-bond donors (Lipinski definition) is 3. The third-order valence-electron chi connectivity index (χ3n) is 2.24. The summed E-state index contributed by atoms with van der Waals surface area (Å²) in [7, 11) is -3.80. The van der Waals surface area contributed by atoms with Gasteiger partial charge in [-0.15, -0.1) is 0 Å². The molecular formula is C10H14FN3O3S. The van der Waals surface area contributed by atoms with Crippen LogP contribution in [0, 0.1) is 12.7 Å². The van der Waals surface area contributed by atoms with E-state index in [0.29, 0.717) is 5.56 Å². The number of oxime groups is 1. The zero-order chi connectivity index (χ0) is 13.8. The molecule has 18 heavy (non-hydrogen) atoms. The Morgan fingerprint density at radius 3 is 2.83 bits per heavy atom. The van der Waals surface area contributed by atoms with E-state index >= 15 is 0 Å². The van der Waals surface area contributed by atoms with Crippen molar-refractivity contribution in [2.24, 2.45) is 10.9 Å². The predicted octanol–water partition coefficient (Wildman–Crippen LogP) is 0.549. The first-order valence-corrected chi connectivity index (χ1v) is 6.57. The molecule has 0 heterocycles. The molecule has 4 N–H and O–H groups in total. The van der Waals surface area contributed by atoms with Crippen molar-refractivity contribution in [2.45, 2.75) is 18.2 Å². The molecule has 0 bridgehead atoms. The average molecular weight is 275 g/mol. The highest BCUT2D eigenvalue weighted by atomic mass is 32.2. The van der Waals surface area contributed by atoms with Gasteiger partial charge in [-0.3, -0.25) is 0 Å². The van der Waals surface area contributed by atoms with Gasteiger partial charge < -0.3 is 10.9 Å². The van der Waals surface area contributed by atoms with Gasteiger partial charge in [-0.25, -0.2) is 17.5 Å². The lowest BCUT2D eigenvalue weighted by atomic mass is 10.2. The number of hydrogen-bond acceptors (Lipinski definition) is 4. The maximum atomic E-state index is 13.0. The molecule has 0 atom stereocenters. The first-order chi connectivity index (χ1) is 8.36. The second kappa shape index (κ2) is 5.78. The molecule has 0 spiro atoms. The van der Waals surface area contributed by atoms with Gasteiger partial charge in [-0.1, -0.05) is 11.2 Å². The quantitative estimate of drug-likeness (QED) is 0.316. The van der Waals surface area contributed by atoms with Gasteiger partial charge in [-0.05, 0) is 24.6 Å². The molecule has 0 radical (unpaired) electrons. The minimum absolute atomic E-state index is 0.0336. The topological polar surface area (TPSA) is 105 Å². The van der Waals surface area contributed by atoms with Crippen molar-refractivity contribution in [3.05, 3.63) is 29.6 Å². The third-order valence-corrected chi connectivity index (χ3v) is 3.84. The predicted molar refractivity (Wildman–Crippen MR) is 64.4 cm³/mol. The largest absolute Gasteiger partial charge is 0.409 e. The molecule has 0 saturated carbocycles. The Balaban J connectivity index is 2.84. The lowest BCUT2D eigenvalue weighted by Crippen LogP contribution is -2.28. The number of benzene rings is 1. The number of sulfonamides is 1. The summed E-state index contributed by atoms with van der Waals surface area (Å²) >= 11 is 0. The van der Waals surface area contributed by atoms with E-state index in [-0.39, 0.29) is 23.7 Å². The van der Waals surface area contributed by atoms with Crippen molar-refractivity contribution in [3.63, 3.8) is 0 Å². The third kappa shape index (κ3) is 3.67. The van der Waals surface area contributed by atoms with Crippen LogP contribution in [0.25, 0.3) is 0 Å². The minimum Gasteiger partial charge on any atom is -0.409 e. The van der Waals surface area contributed by atoms with Crippen LogP contribution in [0.4, 0.5) is 4.39 Å². The number of aryl methyl sites for hydroxylation is 1. The smallest absolute Gasteiger partial charge is 0.240 e. The Morgan fingerprint density at radius 1 is 1.56 bits per heavy atom. The fourth-order valence-electron chi connectivity index (χ4n) is 1.30. The highest BCUT2D eigenvalue weighted by Gasteiger charge is 2.17. The van der Waals surface area contributed by atoms with E-state index in [0.717, 1.165) is 6.07 Å². The average Bonchev–Trinajstić information content (AvgIpc) is 2.31. The summed E-state index contributed by atoms with van der Waals surface area (Å²) in [6.07, 6.45) is 0.0596. The first-order valence-electron chi connectivity index (χ1n) is 5.09. The maximum absolute atomic E-state index is 13.0. The van der Waals surface area contributed by atoms with E-state index in [1.807, 2.05) is 0 Å². The van der Waals surface area contributed by atoms with Crippen LogP contribution in [0.5, 0.6) is 0 Å². The number of nitrogens with zero attached hydrogens (tertiary/aromatic N) is 1. The van der Waals surface area contributed by atoms with Crippen LogP contribution in [0.2, 0.25) is 0 Å². The van der Waals surface area contributed by atoms with E-state index in [1.165, 1.54) is 12.1 Å². The van der Waals surface area contributed by atoms with Crippen LogP contribution in [-0.2, 0) is 10.0 Å². The fraction of sp³-hybridized carbons (Fsp3) is 0.300. The van der Waals surface area contributed by atoms with Crippen LogP contribution < -0.4 is 10.5 Å². The minimum atomic E-state index is -3.80. The van der Waals surface area contributed by atoms with Crippen LogP contribution in [-0.4, -0.2) is 26.0 Å². The molecule has 0 aliphatic rings. The summed E-state index contributed by atoms with van der Waals surface area (Å²) in [5, 5.41) is 11.0. The summed E-state index contributed by atoms with van der Waals surface area (Å²) in [5.41, 5.74) is 5.64. The van der Waals surface area contributed by atoms with E-state index in [2.05, 4.69) is 9.88 Å². The highest BCUT2D eigenvalue weighted by Crippen LogP contribution is 2.15. The Kier molecular flexibility index (Phi) is 4.62. The molecule has 1 rings (SSSR count). The molecule has 0 fully saturated rings. The maximum Gasteiger partial charge on any atom is 0.240 e. The Bertz CT molecular complexity index is 557. The van der Waals surface area contributed by atoms with E-state index in [9.17, 15) is 12.8 Å². The summed E-state index contributed by atoms with van der Waals surface area (Å²) in [4.78, 5) is -0.123. The van der Waals surface area contributed by atoms with Gasteiger partial charge >= 0.3 is 0 Å². The van der Waals surface area contributed by atoms with E-state index in [4.69, 9.17) is 10.9 Å². The number of rotatable bonds is 5. The second-order valence-electron chi connectivity index (χ2n) is 3.65. The molecule has 0 aliphatic carbocycles. The molecule has 1 aromatic rings. The molecule has 8 heteroatoms. The Morgan fingerprint density at radius 2 is 2.22 bits per heavy atom. The second-order valence-corrected chi connectivity index (χ2v) is 5.38. The number of halogens is 1. The first kappa shape index (κ1) is 14.4. The van der Waals surface area contributed by atoms with Gasteiger partial charge in [-0.2, -0.15) is 0 Å². The summed E-state index contributed by atoms with van der Waals surface area (Å²) in [5.74, 6) is -0.717. The highest BCUT2D eigenvalue weighted by molar-refractivity contribution is 7.89. The van der Waals surface area contributed by atoms with Gasteiger partial charge in [0.2, 0.25) is 10.0 Å². The zero-order valence-electron chi connectivity index (χ0n) is 9.72. The summed E-state index contributed by atoms with van der Waals surface area (Å²) < 4.78 is 39.0.